The molecule has 0 N–H and O–H groups in total. The molecule has 23 heavy (non-hydrogen) atoms. The Bertz CT molecular complexity index is 852. The molecule has 0 aliphatic carbocycles. The molecule has 0 fully saturated rings. The summed E-state index contributed by atoms with van der Waals surface area (Å²) >= 11 is 0. The monoisotopic (exact) mass is 310 g/mol. The Morgan fingerprint density at radius 1 is 1.22 bits per heavy atom. The van der Waals surface area contributed by atoms with Crippen molar-refractivity contribution in [2.45, 2.75) is 40.5 Å². The molecule has 3 aromatic heterocycles. The molecular weight excluding hydrogens is 288 g/mol. The third kappa shape index (κ3) is 2.67. The van der Waals surface area contributed by atoms with Crippen LogP contribution in [0.15, 0.2) is 24.5 Å². The Kier molecular flexibility index (Phi) is 4.03. The Morgan fingerprint density at radius 2 is 2.00 bits per heavy atom. The largest absolute Gasteiger partial charge is 0.477 e. The molecule has 0 aromatic carbocycles. The fourth-order valence-electron chi connectivity index (χ4n) is 2.77. The highest BCUT2D eigenvalue weighted by Crippen LogP contribution is 2.30. The van der Waals surface area contributed by atoms with Gasteiger partial charge in [-0.05, 0) is 38.5 Å². The van der Waals surface area contributed by atoms with Crippen LogP contribution in [0.5, 0.6) is 5.88 Å². The number of fused-ring (bicyclic) bond motifs is 1. The number of pyridine rings is 1. The molecule has 0 amide bonds. The highest BCUT2D eigenvalue weighted by Gasteiger charge is 2.17. The van der Waals surface area contributed by atoms with Crippen LogP contribution < -0.4 is 4.74 Å². The maximum atomic E-state index is 5.66. The van der Waals surface area contributed by atoms with Crippen molar-refractivity contribution in [3.05, 3.63) is 41.6 Å². The van der Waals surface area contributed by atoms with Crippen molar-refractivity contribution in [1.29, 1.82) is 0 Å². The normalized spacial score (nSPS) is 11.4. The second kappa shape index (κ2) is 5.99. The summed E-state index contributed by atoms with van der Waals surface area (Å²) in [4.78, 5) is 13.9. The van der Waals surface area contributed by atoms with Gasteiger partial charge in [-0.3, -0.25) is 4.40 Å². The van der Waals surface area contributed by atoms with Gasteiger partial charge in [-0.1, -0.05) is 13.8 Å². The number of nitrogens with zero attached hydrogens (tertiary/aromatic N) is 4. The van der Waals surface area contributed by atoms with Gasteiger partial charge >= 0.3 is 0 Å². The molecule has 0 aliphatic heterocycles. The summed E-state index contributed by atoms with van der Waals surface area (Å²) in [5.74, 6) is 2.01. The number of aromatic nitrogens is 4. The number of imidazole rings is 1. The van der Waals surface area contributed by atoms with Crippen molar-refractivity contribution in [2.75, 3.05) is 6.61 Å². The van der Waals surface area contributed by atoms with Crippen molar-refractivity contribution in [2.24, 2.45) is 0 Å². The standard InChI is InChI=1S/C18H22N4O/c1-6-23-18-14(8-7-9-19-18)15-12(4)10-22-16(11(2)3)20-13(5)17(22)21-15/h7-11H,6H2,1-5H3. The van der Waals surface area contributed by atoms with Gasteiger partial charge in [0.25, 0.3) is 0 Å². The lowest BCUT2D eigenvalue weighted by Gasteiger charge is -2.12. The minimum absolute atomic E-state index is 0.348. The van der Waals surface area contributed by atoms with Gasteiger partial charge in [-0.25, -0.2) is 15.0 Å². The van der Waals surface area contributed by atoms with Gasteiger partial charge in [0.05, 0.1) is 23.6 Å². The lowest BCUT2D eigenvalue weighted by molar-refractivity contribution is 0.328. The topological polar surface area (TPSA) is 52.3 Å². The molecule has 3 rings (SSSR count). The first kappa shape index (κ1) is 15.5. The van der Waals surface area contributed by atoms with Gasteiger partial charge < -0.3 is 4.74 Å². The van der Waals surface area contributed by atoms with Crippen molar-refractivity contribution in [1.82, 2.24) is 19.4 Å². The van der Waals surface area contributed by atoms with Crippen LogP contribution in [0.2, 0.25) is 0 Å². The molecule has 5 nitrogen and oxygen atoms in total. The lowest BCUT2D eigenvalue weighted by atomic mass is 10.1. The lowest BCUT2D eigenvalue weighted by Crippen LogP contribution is -2.02. The second-order valence-electron chi connectivity index (χ2n) is 5.97. The smallest absolute Gasteiger partial charge is 0.222 e. The maximum Gasteiger partial charge on any atom is 0.222 e. The minimum Gasteiger partial charge on any atom is -0.477 e. The first-order valence-electron chi connectivity index (χ1n) is 7.97. The highest BCUT2D eigenvalue weighted by molar-refractivity contribution is 5.70. The van der Waals surface area contributed by atoms with E-state index in [0.717, 1.165) is 34.0 Å². The number of aryl methyl sites for hydroxylation is 2. The first-order chi connectivity index (χ1) is 11.0. The molecule has 5 heteroatoms. The van der Waals surface area contributed by atoms with Crippen LogP contribution in [0.1, 0.15) is 43.8 Å². The third-order valence-electron chi connectivity index (χ3n) is 3.82. The van der Waals surface area contributed by atoms with E-state index in [1.165, 1.54) is 0 Å². The summed E-state index contributed by atoms with van der Waals surface area (Å²) in [5.41, 5.74) is 4.72. The van der Waals surface area contributed by atoms with Crippen LogP contribution in [0.25, 0.3) is 16.9 Å². The van der Waals surface area contributed by atoms with E-state index in [0.29, 0.717) is 18.4 Å². The fourth-order valence-corrected chi connectivity index (χ4v) is 2.77. The molecular formula is C18H22N4O. The summed E-state index contributed by atoms with van der Waals surface area (Å²) < 4.78 is 7.75. The van der Waals surface area contributed by atoms with Crippen molar-refractivity contribution in [3.63, 3.8) is 0 Å². The predicted octanol–water partition coefficient (Wildman–Crippen LogP) is 3.93. The van der Waals surface area contributed by atoms with Crippen LogP contribution in [0.3, 0.4) is 0 Å². The van der Waals surface area contributed by atoms with Gasteiger partial charge in [-0.15, -0.1) is 0 Å². The predicted molar refractivity (Wildman–Crippen MR) is 91.0 cm³/mol. The quantitative estimate of drug-likeness (QED) is 0.732. The van der Waals surface area contributed by atoms with Crippen molar-refractivity contribution >= 4 is 5.65 Å². The van der Waals surface area contributed by atoms with Crippen molar-refractivity contribution < 1.29 is 4.74 Å². The third-order valence-corrected chi connectivity index (χ3v) is 3.82. The van der Waals surface area contributed by atoms with Gasteiger partial charge in [0, 0.05) is 18.3 Å². The molecule has 0 aliphatic rings. The first-order valence-corrected chi connectivity index (χ1v) is 7.97. The fraction of sp³-hybridized carbons (Fsp3) is 0.389. The average molecular weight is 310 g/mol. The molecule has 3 aromatic rings. The molecule has 0 unspecified atom stereocenters. The highest BCUT2D eigenvalue weighted by atomic mass is 16.5. The molecule has 0 atom stereocenters. The number of rotatable bonds is 4. The second-order valence-corrected chi connectivity index (χ2v) is 5.97. The zero-order chi connectivity index (χ0) is 16.6. The van der Waals surface area contributed by atoms with E-state index in [1.807, 2.05) is 26.0 Å². The molecule has 3 heterocycles. The Labute approximate surface area is 136 Å². The number of ether oxygens (including phenoxy) is 1. The summed E-state index contributed by atoms with van der Waals surface area (Å²) in [6.07, 6.45) is 3.85. The van der Waals surface area contributed by atoms with E-state index in [4.69, 9.17) is 9.72 Å². The molecule has 0 saturated heterocycles. The summed E-state index contributed by atoms with van der Waals surface area (Å²) in [7, 11) is 0. The van der Waals surface area contributed by atoms with Crippen molar-refractivity contribution in [3.8, 4) is 17.1 Å². The van der Waals surface area contributed by atoms with Gasteiger partial charge in [0.1, 0.15) is 5.82 Å². The number of hydrogen-bond donors (Lipinski definition) is 0. The zero-order valence-corrected chi connectivity index (χ0v) is 14.3. The Balaban J connectivity index is 2.24. The van der Waals surface area contributed by atoms with Crippen LogP contribution >= 0.6 is 0 Å². The van der Waals surface area contributed by atoms with Crippen LogP contribution in [0, 0.1) is 13.8 Å². The molecule has 120 valence electrons. The summed E-state index contributed by atoms with van der Waals surface area (Å²) in [6.45, 7) is 10.9. The Hall–Kier alpha value is -2.43. The molecule has 0 saturated carbocycles. The van der Waals surface area contributed by atoms with E-state index < -0.39 is 0 Å². The van der Waals surface area contributed by atoms with Crippen LogP contribution in [-0.4, -0.2) is 26.0 Å². The SMILES string of the molecule is CCOc1ncccc1-c1nc2c(C)nc(C(C)C)n2cc1C. The summed E-state index contributed by atoms with van der Waals surface area (Å²) in [5, 5.41) is 0. The van der Waals surface area contributed by atoms with E-state index in [2.05, 4.69) is 41.3 Å². The molecule has 0 radical (unpaired) electrons. The van der Waals surface area contributed by atoms with Crippen LogP contribution in [0.4, 0.5) is 0 Å². The molecule has 0 spiro atoms. The minimum atomic E-state index is 0.348. The van der Waals surface area contributed by atoms with Crippen LogP contribution in [-0.2, 0) is 0 Å². The summed E-state index contributed by atoms with van der Waals surface area (Å²) in [6, 6.07) is 3.91. The van der Waals surface area contributed by atoms with Gasteiger partial charge in [-0.2, -0.15) is 0 Å². The Morgan fingerprint density at radius 3 is 2.70 bits per heavy atom. The molecule has 0 bridgehead atoms. The maximum absolute atomic E-state index is 5.66. The van der Waals surface area contributed by atoms with E-state index in [-0.39, 0.29) is 0 Å². The number of hydrogen-bond acceptors (Lipinski definition) is 4. The van der Waals surface area contributed by atoms with Gasteiger partial charge in [0.2, 0.25) is 5.88 Å². The zero-order valence-electron chi connectivity index (χ0n) is 14.3. The van der Waals surface area contributed by atoms with Gasteiger partial charge in [0.15, 0.2) is 5.65 Å². The van der Waals surface area contributed by atoms with E-state index in [9.17, 15) is 0 Å². The average Bonchev–Trinajstić information content (AvgIpc) is 2.84. The van der Waals surface area contributed by atoms with E-state index in [1.54, 1.807) is 6.20 Å². The van der Waals surface area contributed by atoms with E-state index >= 15 is 0 Å².